The summed E-state index contributed by atoms with van der Waals surface area (Å²) < 4.78 is 26.1. The van der Waals surface area contributed by atoms with E-state index in [1.165, 1.54) is 6.07 Å². The van der Waals surface area contributed by atoms with Gasteiger partial charge in [0.15, 0.2) is 0 Å². The van der Waals surface area contributed by atoms with Crippen LogP contribution in [0.25, 0.3) is 0 Å². The van der Waals surface area contributed by atoms with Crippen LogP contribution < -0.4 is 10.6 Å². The Bertz CT molecular complexity index is 726. The average molecular weight is 301 g/mol. The molecule has 2 N–H and O–H groups in total. The molecule has 1 amide bonds. The molecule has 0 saturated heterocycles. The number of benzene rings is 2. The van der Waals surface area contributed by atoms with Crippen molar-refractivity contribution in [3.05, 3.63) is 59.7 Å². The molecule has 2 aromatic carbocycles. The van der Waals surface area contributed by atoms with E-state index < -0.39 is 11.6 Å². The molecule has 0 saturated carbocycles. The van der Waals surface area contributed by atoms with Crippen molar-refractivity contribution in [1.29, 1.82) is 5.26 Å². The lowest BCUT2D eigenvalue weighted by molar-refractivity contribution is -0.115. The minimum Gasteiger partial charge on any atom is -0.382 e. The van der Waals surface area contributed by atoms with Crippen LogP contribution >= 0.6 is 0 Å². The molecule has 0 aromatic heterocycles. The Balaban J connectivity index is 1.87. The fourth-order valence-corrected chi connectivity index (χ4v) is 1.85. The molecule has 4 nitrogen and oxygen atoms in total. The second-order valence-electron chi connectivity index (χ2n) is 4.51. The number of para-hydroxylation sites is 1. The molecule has 112 valence electrons. The minimum atomic E-state index is -0.713. The number of hydrogen-bond donors (Lipinski definition) is 2. The molecule has 22 heavy (non-hydrogen) atoms. The maximum absolute atomic E-state index is 13.4. The van der Waals surface area contributed by atoms with Crippen molar-refractivity contribution in [3.63, 3.8) is 0 Å². The standard InChI is InChI=1S/C16H13F2N3O/c17-12-5-6-15(13(18)9-12)20-8-7-16(22)21-14-4-2-1-3-11(14)10-19/h1-6,9,20H,7-8H2,(H,21,22). The second kappa shape index (κ2) is 7.18. The number of hydrogen-bond acceptors (Lipinski definition) is 3. The zero-order valence-electron chi connectivity index (χ0n) is 11.6. The Kier molecular flexibility index (Phi) is 5.04. The van der Waals surface area contributed by atoms with Gasteiger partial charge in [-0.1, -0.05) is 12.1 Å². The average Bonchev–Trinajstić information content (AvgIpc) is 2.50. The normalized spacial score (nSPS) is 9.86. The topological polar surface area (TPSA) is 64.9 Å². The van der Waals surface area contributed by atoms with Gasteiger partial charge in [-0.3, -0.25) is 4.79 Å². The predicted octanol–water partition coefficient (Wildman–Crippen LogP) is 3.28. The highest BCUT2D eigenvalue weighted by atomic mass is 19.1. The number of carbonyl (C=O) groups excluding carboxylic acids is 1. The van der Waals surface area contributed by atoms with E-state index in [0.29, 0.717) is 11.3 Å². The first-order chi connectivity index (χ1) is 10.6. The van der Waals surface area contributed by atoms with Crippen LogP contribution in [-0.2, 0) is 4.79 Å². The van der Waals surface area contributed by atoms with Crippen LogP contribution in [0.2, 0.25) is 0 Å². The van der Waals surface area contributed by atoms with Gasteiger partial charge in [-0.25, -0.2) is 8.78 Å². The smallest absolute Gasteiger partial charge is 0.226 e. The first-order valence-corrected chi connectivity index (χ1v) is 6.58. The van der Waals surface area contributed by atoms with Crippen LogP contribution in [0.4, 0.5) is 20.2 Å². The number of carbonyl (C=O) groups is 1. The van der Waals surface area contributed by atoms with Gasteiger partial charge in [0.05, 0.1) is 16.9 Å². The lowest BCUT2D eigenvalue weighted by Crippen LogP contribution is -2.17. The highest BCUT2D eigenvalue weighted by Gasteiger charge is 2.07. The zero-order valence-corrected chi connectivity index (χ0v) is 11.6. The number of halogens is 2. The molecular weight excluding hydrogens is 288 g/mol. The van der Waals surface area contributed by atoms with Gasteiger partial charge < -0.3 is 10.6 Å². The summed E-state index contributed by atoms with van der Waals surface area (Å²) in [5, 5.41) is 14.3. The van der Waals surface area contributed by atoms with E-state index >= 15 is 0 Å². The Labute approximate surface area is 126 Å². The molecule has 0 radical (unpaired) electrons. The highest BCUT2D eigenvalue weighted by molar-refractivity contribution is 5.92. The summed E-state index contributed by atoms with van der Waals surface area (Å²) in [4.78, 5) is 11.8. The van der Waals surface area contributed by atoms with E-state index in [9.17, 15) is 13.6 Å². The van der Waals surface area contributed by atoms with E-state index in [1.54, 1.807) is 24.3 Å². The number of nitrogens with zero attached hydrogens (tertiary/aromatic N) is 1. The first-order valence-electron chi connectivity index (χ1n) is 6.58. The van der Waals surface area contributed by atoms with Gasteiger partial charge in [-0.15, -0.1) is 0 Å². The predicted molar refractivity (Wildman–Crippen MR) is 79.3 cm³/mol. The van der Waals surface area contributed by atoms with Gasteiger partial charge in [0, 0.05) is 19.0 Å². The Hall–Kier alpha value is -2.94. The molecule has 6 heteroatoms. The zero-order chi connectivity index (χ0) is 15.9. The minimum absolute atomic E-state index is 0.0799. The molecule has 0 fully saturated rings. The lowest BCUT2D eigenvalue weighted by atomic mass is 10.2. The third-order valence-electron chi connectivity index (χ3n) is 2.92. The number of anilines is 2. The summed E-state index contributed by atoms with van der Waals surface area (Å²) in [6.07, 6.45) is 0.0799. The van der Waals surface area contributed by atoms with Crippen LogP contribution in [0.3, 0.4) is 0 Å². The fourth-order valence-electron chi connectivity index (χ4n) is 1.85. The van der Waals surface area contributed by atoms with E-state index in [2.05, 4.69) is 10.6 Å². The van der Waals surface area contributed by atoms with Crippen molar-refractivity contribution >= 4 is 17.3 Å². The van der Waals surface area contributed by atoms with Crippen molar-refractivity contribution in [1.82, 2.24) is 0 Å². The summed E-state index contributed by atoms with van der Waals surface area (Å²) in [5.74, 6) is -1.68. The highest BCUT2D eigenvalue weighted by Crippen LogP contribution is 2.16. The van der Waals surface area contributed by atoms with Crippen molar-refractivity contribution in [2.45, 2.75) is 6.42 Å². The molecule has 2 rings (SSSR count). The number of rotatable bonds is 5. The Morgan fingerprint density at radius 3 is 2.64 bits per heavy atom. The van der Waals surface area contributed by atoms with Crippen LogP contribution in [0.5, 0.6) is 0 Å². The van der Waals surface area contributed by atoms with Gasteiger partial charge in [0.25, 0.3) is 0 Å². The van der Waals surface area contributed by atoms with E-state index in [0.717, 1.165) is 12.1 Å². The molecule has 2 aromatic rings. The molecule has 0 aliphatic carbocycles. The quantitative estimate of drug-likeness (QED) is 0.890. The summed E-state index contributed by atoms with van der Waals surface area (Å²) in [6, 6.07) is 11.8. The Morgan fingerprint density at radius 1 is 1.14 bits per heavy atom. The lowest BCUT2D eigenvalue weighted by Gasteiger charge is -2.09. The third kappa shape index (κ3) is 4.03. The van der Waals surface area contributed by atoms with Gasteiger partial charge in [-0.05, 0) is 24.3 Å². The molecule has 0 aliphatic rings. The molecule has 0 unspecified atom stereocenters. The van der Waals surface area contributed by atoms with E-state index in [4.69, 9.17) is 5.26 Å². The van der Waals surface area contributed by atoms with Gasteiger partial charge in [0.2, 0.25) is 5.91 Å². The van der Waals surface area contributed by atoms with Crippen molar-refractivity contribution < 1.29 is 13.6 Å². The summed E-state index contributed by atoms with van der Waals surface area (Å²) in [5.41, 5.74) is 0.933. The van der Waals surface area contributed by atoms with Gasteiger partial charge in [-0.2, -0.15) is 5.26 Å². The van der Waals surface area contributed by atoms with E-state index in [1.807, 2.05) is 6.07 Å². The number of amides is 1. The SMILES string of the molecule is N#Cc1ccccc1NC(=O)CCNc1ccc(F)cc1F. The first kappa shape index (κ1) is 15.4. The summed E-state index contributed by atoms with van der Waals surface area (Å²) in [6.45, 7) is 0.184. The van der Waals surface area contributed by atoms with Crippen molar-refractivity contribution in [3.8, 4) is 6.07 Å². The van der Waals surface area contributed by atoms with Crippen LogP contribution in [-0.4, -0.2) is 12.5 Å². The number of nitrogens with one attached hydrogen (secondary N) is 2. The third-order valence-corrected chi connectivity index (χ3v) is 2.92. The molecule has 0 atom stereocenters. The van der Waals surface area contributed by atoms with Crippen molar-refractivity contribution in [2.75, 3.05) is 17.2 Å². The van der Waals surface area contributed by atoms with Crippen LogP contribution in [0.15, 0.2) is 42.5 Å². The maximum Gasteiger partial charge on any atom is 0.226 e. The fraction of sp³-hybridized carbons (Fsp3) is 0.125. The van der Waals surface area contributed by atoms with Crippen LogP contribution in [0.1, 0.15) is 12.0 Å². The summed E-state index contributed by atoms with van der Waals surface area (Å²) in [7, 11) is 0. The summed E-state index contributed by atoms with van der Waals surface area (Å²) >= 11 is 0. The van der Waals surface area contributed by atoms with Gasteiger partial charge in [0.1, 0.15) is 17.7 Å². The van der Waals surface area contributed by atoms with E-state index in [-0.39, 0.29) is 24.6 Å². The molecule has 0 spiro atoms. The second-order valence-corrected chi connectivity index (χ2v) is 4.51. The molecule has 0 bridgehead atoms. The molecule has 0 heterocycles. The molecule has 0 aliphatic heterocycles. The largest absolute Gasteiger partial charge is 0.382 e. The maximum atomic E-state index is 13.4. The Morgan fingerprint density at radius 2 is 1.91 bits per heavy atom. The van der Waals surface area contributed by atoms with Gasteiger partial charge >= 0.3 is 0 Å². The van der Waals surface area contributed by atoms with Crippen LogP contribution in [0, 0.1) is 23.0 Å². The number of nitriles is 1. The van der Waals surface area contributed by atoms with Crippen molar-refractivity contribution in [2.24, 2.45) is 0 Å². The monoisotopic (exact) mass is 301 g/mol. The molecular formula is C16H13F2N3O.